The molecule has 5 unspecified atom stereocenters. The predicted molar refractivity (Wildman–Crippen MR) is 64.7 cm³/mol. The maximum atomic E-state index is 12.5. The minimum atomic E-state index is -0.754. The van der Waals surface area contributed by atoms with Gasteiger partial charge in [0.2, 0.25) is 5.91 Å². The van der Waals surface area contributed by atoms with Crippen LogP contribution in [0, 0.1) is 11.8 Å². The third-order valence-electron chi connectivity index (χ3n) is 5.00. The molecule has 100 valence electrons. The van der Waals surface area contributed by atoms with Crippen LogP contribution in [0.5, 0.6) is 0 Å². The van der Waals surface area contributed by atoms with Gasteiger partial charge in [0.15, 0.2) is 0 Å². The zero-order chi connectivity index (χ0) is 12.9. The van der Waals surface area contributed by atoms with E-state index in [9.17, 15) is 14.7 Å². The van der Waals surface area contributed by atoms with E-state index in [1.54, 1.807) is 0 Å². The summed E-state index contributed by atoms with van der Waals surface area (Å²) in [5.41, 5.74) is 5.99. The molecule has 5 nitrogen and oxygen atoms in total. The third kappa shape index (κ3) is 1.64. The van der Waals surface area contributed by atoms with Gasteiger partial charge >= 0.3 is 5.97 Å². The first kappa shape index (κ1) is 12.0. The highest BCUT2D eigenvalue weighted by Gasteiger charge is 2.52. The van der Waals surface area contributed by atoms with Gasteiger partial charge in [0, 0.05) is 18.1 Å². The molecule has 0 spiro atoms. The molecular formula is C13H20N2O3. The van der Waals surface area contributed by atoms with Gasteiger partial charge in [-0.05, 0) is 32.1 Å². The van der Waals surface area contributed by atoms with Crippen molar-refractivity contribution in [2.75, 3.05) is 0 Å². The minimum absolute atomic E-state index is 0.0271. The third-order valence-corrected chi connectivity index (χ3v) is 5.00. The molecule has 2 saturated heterocycles. The fourth-order valence-corrected chi connectivity index (χ4v) is 4.08. The molecule has 2 heterocycles. The largest absolute Gasteiger partial charge is 0.481 e. The molecule has 5 heteroatoms. The van der Waals surface area contributed by atoms with Crippen molar-refractivity contribution < 1.29 is 14.7 Å². The second-order valence-electron chi connectivity index (χ2n) is 5.93. The van der Waals surface area contributed by atoms with Gasteiger partial charge in [-0.25, -0.2) is 0 Å². The molecule has 2 aliphatic heterocycles. The molecule has 1 saturated carbocycles. The predicted octanol–water partition coefficient (Wildman–Crippen LogP) is 0.578. The van der Waals surface area contributed by atoms with E-state index in [4.69, 9.17) is 5.73 Å². The maximum absolute atomic E-state index is 12.5. The normalized spacial score (nSPS) is 42.5. The molecule has 3 fully saturated rings. The van der Waals surface area contributed by atoms with Gasteiger partial charge in [0.25, 0.3) is 0 Å². The smallest absolute Gasteiger partial charge is 0.308 e. The summed E-state index contributed by atoms with van der Waals surface area (Å²) in [4.78, 5) is 25.6. The van der Waals surface area contributed by atoms with Crippen LogP contribution >= 0.6 is 0 Å². The maximum Gasteiger partial charge on any atom is 0.308 e. The van der Waals surface area contributed by atoms with Crippen molar-refractivity contribution in [1.29, 1.82) is 0 Å². The number of aliphatic carboxylic acids is 1. The van der Waals surface area contributed by atoms with Crippen molar-refractivity contribution in [3.63, 3.8) is 0 Å². The van der Waals surface area contributed by atoms with Crippen molar-refractivity contribution in [2.45, 2.75) is 56.7 Å². The Bertz CT molecular complexity index is 384. The number of carbonyl (C=O) groups is 2. The molecule has 0 aromatic rings. The van der Waals surface area contributed by atoms with Crippen LogP contribution in [-0.2, 0) is 9.59 Å². The number of carbonyl (C=O) groups excluding carboxylic acids is 1. The van der Waals surface area contributed by atoms with Gasteiger partial charge < -0.3 is 15.7 Å². The van der Waals surface area contributed by atoms with E-state index in [0.717, 1.165) is 32.1 Å². The average Bonchev–Trinajstić information content (AvgIpc) is 3.01. The standard InChI is InChI=1S/C13H20N2O3/c14-10-3-1-2-8(10)12(16)15-7-4-5-11(15)9(6-7)13(17)18/h7-11H,1-6,14H2,(H,17,18). The first-order chi connectivity index (χ1) is 8.59. The van der Waals surface area contributed by atoms with E-state index < -0.39 is 5.97 Å². The highest BCUT2D eigenvalue weighted by Crippen LogP contribution is 2.43. The van der Waals surface area contributed by atoms with Crippen molar-refractivity contribution >= 4 is 11.9 Å². The van der Waals surface area contributed by atoms with E-state index in [2.05, 4.69) is 0 Å². The van der Waals surface area contributed by atoms with Crippen LogP contribution in [-0.4, -0.2) is 40.0 Å². The quantitative estimate of drug-likeness (QED) is 0.753. The van der Waals surface area contributed by atoms with Crippen LogP contribution in [0.1, 0.15) is 38.5 Å². The lowest BCUT2D eigenvalue weighted by Crippen LogP contribution is -2.45. The van der Waals surface area contributed by atoms with Crippen molar-refractivity contribution in [3.8, 4) is 0 Å². The Kier molecular flexibility index (Phi) is 2.81. The Morgan fingerprint density at radius 2 is 1.89 bits per heavy atom. The van der Waals surface area contributed by atoms with Gasteiger partial charge in [-0.15, -0.1) is 0 Å². The van der Waals surface area contributed by atoms with Gasteiger partial charge in [-0.1, -0.05) is 6.42 Å². The SMILES string of the molecule is NC1CCCC1C(=O)N1C2CCC1C(C(=O)O)C2. The number of carboxylic acid groups (broad SMARTS) is 1. The summed E-state index contributed by atoms with van der Waals surface area (Å²) >= 11 is 0. The molecule has 3 N–H and O–H groups in total. The van der Waals surface area contributed by atoms with E-state index in [1.165, 1.54) is 0 Å². The average molecular weight is 252 g/mol. The molecular weight excluding hydrogens is 232 g/mol. The summed E-state index contributed by atoms with van der Waals surface area (Å²) in [6.45, 7) is 0. The zero-order valence-corrected chi connectivity index (χ0v) is 10.4. The highest BCUT2D eigenvalue weighted by atomic mass is 16.4. The fraction of sp³-hybridized carbons (Fsp3) is 0.846. The topological polar surface area (TPSA) is 83.6 Å². The van der Waals surface area contributed by atoms with Crippen LogP contribution in [0.15, 0.2) is 0 Å². The Hall–Kier alpha value is -1.10. The molecule has 18 heavy (non-hydrogen) atoms. The Labute approximate surface area is 106 Å². The number of nitrogens with two attached hydrogens (primary N) is 1. The molecule has 1 amide bonds. The van der Waals surface area contributed by atoms with E-state index >= 15 is 0 Å². The van der Waals surface area contributed by atoms with Crippen LogP contribution in [0.3, 0.4) is 0 Å². The summed E-state index contributed by atoms with van der Waals surface area (Å²) in [6.07, 6.45) is 5.24. The zero-order valence-electron chi connectivity index (χ0n) is 10.4. The Morgan fingerprint density at radius 3 is 2.44 bits per heavy atom. The van der Waals surface area contributed by atoms with Crippen LogP contribution in [0.25, 0.3) is 0 Å². The highest BCUT2D eigenvalue weighted by molar-refractivity contribution is 5.83. The Balaban J connectivity index is 1.77. The summed E-state index contributed by atoms with van der Waals surface area (Å²) in [6, 6.07) is 0.0463. The Morgan fingerprint density at radius 1 is 1.11 bits per heavy atom. The fourth-order valence-electron chi connectivity index (χ4n) is 4.08. The minimum Gasteiger partial charge on any atom is -0.481 e. The lowest BCUT2D eigenvalue weighted by atomic mass is 9.89. The first-order valence-corrected chi connectivity index (χ1v) is 6.90. The number of amides is 1. The van der Waals surface area contributed by atoms with Crippen molar-refractivity contribution in [2.24, 2.45) is 17.6 Å². The van der Waals surface area contributed by atoms with Crippen LogP contribution in [0.2, 0.25) is 0 Å². The molecule has 3 rings (SSSR count). The summed E-state index contributed by atoms with van der Waals surface area (Å²) < 4.78 is 0. The van der Waals surface area contributed by atoms with Crippen LogP contribution in [0.4, 0.5) is 0 Å². The number of hydrogen-bond donors (Lipinski definition) is 2. The van der Waals surface area contributed by atoms with E-state index in [1.807, 2.05) is 4.90 Å². The molecule has 3 aliphatic rings. The lowest BCUT2D eigenvalue weighted by molar-refractivity contribution is -0.143. The molecule has 5 atom stereocenters. The van der Waals surface area contributed by atoms with E-state index in [0.29, 0.717) is 6.42 Å². The summed E-state index contributed by atoms with van der Waals surface area (Å²) in [5.74, 6) is -1.06. The second-order valence-corrected chi connectivity index (χ2v) is 5.93. The van der Waals surface area contributed by atoms with E-state index in [-0.39, 0.29) is 35.9 Å². The molecule has 2 bridgehead atoms. The number of nitrogens with zero attached hydrogens (tertiary/aromatic N) is 1. The molecule has 0 aromatic carbocycles. The number of carboxylic acids is 1. The molecule has 1 aliphatic carbocycles. The number of hydrogen-bond acceptors (Lipinski definition) is 3. The van der Waals surface area contributed by atoms with Gasteiger partial charge in [-0.2, -0.15) is 0 Å². The lowest BCUT2D eigenvalue weighted by Gasteiger charge is -2.27. The number of fused-ring (bicyclic) bond motifs is 2. The van der Waals surface area contributed by atoms with Gasteiger partial charge in [-0.3, -0.25) is 9.59 Å². The number of rotatable bonds is 2. The van der Waals surface area contributed by atoms with Crippen LogP contribution < -0.4 is 5.73 Å². The molecule has 0 aromatic heterocycles. The molecule has 0 radical (unpaired) electrons. The van der Waals surface area contributed by atoms with Gasteiger partial charge in [0.05, 0.1) is 11.8 Å². The van der Waals surface area contributed by atoms with Gasteiger partial charge in [0.1, 0.15) is 0 Å². The van der Waals surface area contributed by atoms with Crippen molar-refractivity contribution in [1.82, 2.24) is 4.90 Å². The second kappa shape index (κ2) is 4.23. The summed E-state index contributed by atoms with van der Waals surface area (Å²) in [5, 5.41) is 9.19. The monoisotopic (exact) mass is 252 g/mol. The van der Waals surface area contributed by atoms with Crippen molar-refractivity contribution in [3.05, 3.63) is 0 Å². The first-order valence-electron chi connectivity index (χ1n) is 6.90. The summed E-state index contributed by atoms with van der Waals surface area (Å²) in [7, 11) is 0.